The fourth-order valence-electron chi connectivity index (χ4n) is 1.17. The third-order valence-electron chi connectivity index (χ3n) is 1.89. The molecular formula is C8H8BrN3O2. The largest absolute Gasteiger partial charge is 0.451 e. The van der Waals surface area contributed by atoms with E-state index in [9.17, 15) is 5.11 Å². The molecule has 0 amide bonds. The third-order valence-corrected chi connectivity index (χ3v) is 2.32. The molecule has 0 aliphatic rings. The molecule has 0 spiro atoms. The maximum Gasteiger partial charge on any atom is 0.169 e. The molecule has 1 unspecified atom stereocenters. The minimum absolute atomic E-state index is 0.460. The topological polar surface area (TPSA) is 64.1 Å². The van der Waals surface area contributed by atoms with Crippen LogP contribution < -0.4 is 0 Å². The second-order valence-corrected chi connectivity index (χ2v) is 3.61. The molecule has 6 heteroatoms. The molecule has 74 valence electrons. The lowest BCUT2D eigenvalue weighted by atomic mass is 10.2. The van der Waals surface area contributed by atoms with E-state index in [0.717, 1.165) is 0 Å². The van der Waals surface area contributed by atoms with Gasteiger partial charge in [0, 0.05) is 7.05 Å². The molecule has 0 bridgehead atoms. The van der Waals surface area contributed by atoms with Crippen molar-refractivity contribution in [1.29, 1.82) is 0 Å². The zero-order valence-corrected chi connectivity index (χ0v) is 8.97. The molecule has 14 heavy (non-hydrogen) atoms. The van der Waals surface area contributed by atoms with Crippen molar-refractivity contribution in [2.45, 2.75) is 6.10 Å². The van der Waals surface area contributed by atoms with Crippen molar-refractivity contribution in [1.82, 2.24) is 15.0 Å². The van der Waals surface area contributed by atoms with Gasteiger partial charge >= 0.3 is 0 Å². The molecule has 1 atom stereocenters. The maximum atomic E-state index is 9.86. The number of aliphatic hydroxyl groups is 1. The standard InChI is InChI=1S/C8H8BrN3O2/c1-12-5(4-10-11-12)8(13)6-2-3-7(9)14-6/h2-4,8,13H,1H3. The Labute approximate surface area is 88.5 Å². The van der Waals surface area contributed by atoms with Gasteiger partial charge in [0.25, 0.3) is 0 Å². The number of hydrogen-bond donors (Lipinski definition) is 1. The number of rotatable bonds is 2. The van der Waals surface area contributed by atoms with Crippen molar-refractivity contribution in [3.05, 3.63) is 34.5 Å². The van der Waals surface area contributed by atoms with Gasteiger partial charge < -0.3 is 9.52 Å². The first-order valence-corrected chi connectivity index (χ1v) is 4.75. The van der Waals surface area contributed by atoms with Gasteiger partial charge in [0.05, 0.1) is 11.9 Å². The third kappa shape index (κ3) is 1.58. The second kappa shape index (κ2) is 3.55. The van der Waals surface area contributed by atoms with Crippen LogP contribution in [0, 0.1) is 0 Å². The fourth-order valence-corrected chi connectivity index (χ4v) is 1.49. The van der Waals surface area contributed by atoms with Gasteiger partial charge in [-0.25, -0.2) is 4.68 Å². The van der Waals surface area contributed by atoms with E-state index in [1.165, 1.54) is 10.9 Å². The summed E-state index contributed by atoms with van der Waals surface area (Å²) in [5, 5.41) is 17.3. The molecule has 2 aromatic heterocycles. The SMILES string of the molecule is Cn1nncc1C(O)c1ccc(Br)o1. The first-order valence-electron chi connectivity index (χ1n) is 3.96. The van der Waals surface area contributed by atoms with E-state index in [1.54, 1.807) is 19.2 Å². The Morgan fingerprint density at radius 1 is 1.57 bits per heavy atom. The lowest BCUT2D eigenvalue weighted by molar-refractivity contribution is 0.178. The molecule has 2 aromatic rings. The Kier molecular flexibility index (Phi) is 2.39. The van der Waals surface area contributed by atoms with Crippen LogP contribution in [-0.2, 0) is 7.05 Å². The molecule has 0 aliphatic carbocycles. The number of aryl methyl sites for hydroxylation is 1. The van der Waals surface area contributed by atoms with Gasteiger partial charge in [-0.3, -0.25) is 0 Å². The zero-order valence-electron chi connectivity index (χ0n) is 7.38. The van der Waals surface area contributed by atoms with Gasteiger partial charge in [0.1, 0.15) is 5.76 Å². The average molecular weight is 258 g/mol. The molecule has 1 N–H and O–H groups in total. The number of hydrogen-bond acceptors (Lipinski definition) is 4. The van der Waals surface area contributed by atoms with Gasteiger partial charge in [0.15, 0.2) is 10.8 Å². The highest BCUT2D eigenvalue weighted by Crippen LogP contribution is 2.24. The fraction of sp³-hybridized carbons (Fsp3) is 0.250. The predicted molar refractivity (Wildman–Crippen MR) is 51.5 cm³/mol. The van der Waals surface area contributed by atoms with Gasteiger partial charge in [-0.1, -0.05) is 5.21 Å². The van der Waals surface area contributed by atoms with Crippen molar-refractivity contribution in [2.75, 3.05) is 0 Å². The van der Waals surface area contributed by atoms with Crippen LogP contribution in [0.4, 0.5) is 0 Å². The predicted octanol–water partition coefficient (Wildman–Crippen LogP) is 1.25. The number of halogens is 1. The molecule has 0 radical (unpaired) electrons. The number of nitrogens with zero attached hydrogens (tertiary/aromatic N) is 3. The van der Waals surface area contributed by atoms with Crippen LogP contribution in [0.3, 0.4) is 0 Å². The summed E-state index contributed by atoms with van der Waals surface area (Å²) in [6, 6.07) is 3.42. The van der Waals surface area contributed by atoms with Gasteiger partial charge in [0.2, 0.25) is 0 Å². The number of aromatic nitrogens is 3. The van der Waals surface area contributed by atoms with E-state index in [1.807, 2.05) is 0 Å². The zero-order chi connectivity index (χ0) is 10.1. The van der Waals surface area contributed by atoms with Crippen LogP contribution in [0.25, 0.3) is 0 Å². The molecular weight excluding hydrogens is 250 g/mol. The summed E-state index contributed by atoms with van der Waals surface area (Å²) in [5.41, 5.74) is 0.590. The lowest BCUT2D eigenvalue weighted by Crippen LogP contribution is -2.05. The highest BCUT2D eigenvalue weighted by Gasteiger charge is 2.17. The van der Waals surface area contributed by atoms with E-state index >= 15 is 0 Å². The van der Waals surface area contributed by atoms with Crippen LogP contribution in [0.2, 0.25) is 0 Å². The smallest absolute Gasteiger partial charge is 0.169 e. The molecule has 2 rings (SSSR count). The summed E-state index contributed by atoms with van der Waals surface area (Å²) in [6.07, 6.45) is 0.669. The van der Waals surface area contributed by atoms with E-state index < -0.39 is 6.10 Å². The van der Waals surface area contributed by atoms with E-state index in [-0.39, 0.29) is 0 Å². The van der Waals surface area contributed by atoms with Crippen LogP contribution in [0.1, 0.15) is 17.6 Å². The molecule has 0 saturated heterocycles. The van der Waals surface area contributed by atoms with Crippen LogP contribution in [0.15, 0.2) is 27.4 Å². The molecule has 0 aromatic carbocycles. The molecule has 5 nitrogen and oxygen atoms in total. The quantitative estimate of drug-likeness (QED) is 0.880. The first-order chi connectivity index (χ1) is 6.68. The summed E-state index contributed by atoms with van der Waals surface area (Å²) in [7, 11) is 1.71. The minimum Gasteiger partial charge on any atom is -0.451 e. The summed E-state index contributed by atoms with van der Waals surface area (Å²) in [4.78, 5) is 0. The lowest BCUT2D eigenvalue weighted by Gasteiger charge is -2.06. The van der Waals surface area contributed by atoms with Crippen molar-refractivity contribution in [2.24, 2.45) is 7.05 Å². The van der Waals surface area contributed by atoms with E-state index in [4.69, 9.17) is 4.42 Å². The summed E-state index contributed by atoms with van der Waals surface area (Å²) in [5.74, 6) is 0.460. The van der Waals surface area contributed by atoms with Gasteiger partial charge in [-0.05, 0) is 28.1 Å². The second-order valence-electron chi connectivity index (χ2n) is 2.83. The monoisotopic (exact) mass is 257 g/mol. The first kappa shape index (κ1) is 9.42. The molecule has 0 aliphatic heterocycles. The van der Waals surface area contributed by atoms with Crippen molar-refractivity contribution >= 4 is 15.9 Å². The Balaban J connectivity index is 2.33. The molecule has 0 saturated carbocycles. The summed E-state index contributed by atoms with van der Waals surface area (Å²) < 4.78 is 7.31. The average Bonchev–Trinajstić information content (AvgIpc) is 2.73. The van der Waals surface area contributed by atoms with Crippen LogP contribution in [-0.4, -0.2) is 20.1 Å². The van der Waals surface area contributed by atoms with Crippen molar-refractivity contribution < 1.29 is 9.52 Å². The number of furan rings is 1. The normalized spacial score (nSPS) is 13.1. The van der Waals surface area contributed by atoms with E-state index in [0.29, 0.717) is 16.1 Å². The Bertz CT molecular complexity index is 437. The van der Waals surface area contributed by atoms with Gasteiger partial charge in [-0.2, -0.15) is 0 Å². The molecule has 2 heterocycles. The highest BCUT2D eigenvalue weighted by molar-refractivity contribution is 9.10. The molecule has 0 fully saturated rings. The van der Waals surface area contributed by atoms with Gasteiger partial charge in [-0.15, -0.1) is 5.10 Å². The summed E-state index contributed by atoms with van der Waals surface area (Å²) >= 11 is 3.17. The van der Waals surface area contributed by atoms with Crippen LogP contribution >= 0.6 is 15.9 Å². The van der Waals surface area contributed by atoms with E-state index in [2.05, 4.69) is 26.2 Å². The number of aliphatic hydroxyl groups excluding tert-OH is 1. The van der Waals surface area contributed by atoms with Crippen molar-refractivity contribution in [3.8, 4) is 0 Å². The summed E-state index contributed by atoms with van der Waals surface area (Å²) in [6.45, 7) is 0. The van der Waals surface area contributed by atoms with Crippen LogP contribution in [0.5, 0.6) is 0 Å². The Hall–Kier alpha value is -1.14. The minimum atomic E-state index is -0.832. The maximum absolute atomic E-state index is 9.86. The Morgan fingerprint density at radius 3 is 2.86 bits per heavy atom. The Morgan fingerprint density at radius 2 is 2.36 bits per heavy atom. The van der Waals surface area contributed by atoms with Crippen molar-refractivity contribution in [3.63, 3.8) is 0 Å². The highest BCUT2D eigenvalue weighted by atomic mass is 79.9.